The second kappa shape index (κ2) is 9.01. The van der Waals surface area contributed by atoms with Crippen LogP contribution in [0.3, 0.4) is 0 Å². The first-order valence-corrected chi connectivity index (χ1v) is 8.92. The molecule has 0 unspecified atom stereocenters. The van der Waals surface area contributed by atoms with E-state index in [4.69, 9.17) is 10.00 Å². The van der Waals surface area contributed by atoms with Gasteiger partial charge in [0.25, 0.3) is 5.91 Å². The third-order valence-corrected chi connectivity index (χ3v) is 4.48. The van der Waals surface area contributed by atoms with Gasteiger partial charge >= 0.3 is 0 Å². The molecule has 1 aliphatic rings. The minimum atomic E-state index is -0.206. The molecule has 1 aliphatic heterocycles. The number of likely N-dealkylation sites (N-methyl/N-ethyl adjacent to an activating group) is 1. The average Bonchev–Trinajstić information content (AvgIpc) is 2.72. The lowest BCUT2D eigenvalue weighted by Crippen LogP contribution is -2.44. The Hall–Kier alpha value is -3.11. The highest BCUT2D eigenvalue weighted by Gasteiger charge is 2.15. The quantitative estimate of drug-likeness (QED) is 0.833. The molecule has 1 fully saturated rings. The van der Waals surface area contributed by atoms with Crippen LogP contribution in [-0.2, 0) is 11.3 Å². The van der Waals surface area contributed by atoms with Gasteiger partial charge in [-0.3, -0.25) is 4.79 Å². The van der Waals surface area contributed by atoms with E-state index in [9.17, 15) is 4.79 Å². The molecule has 140 valence electrons. The van der Waals surface area contributed by atoms with Crippen LogP contribution in [0.1, 0.15) is 11.1 Å². The largest absolute Gasteiger partial charge is 0.484 e. The normalized spacial score (nSPS) is 14.4. The molecule has 2 heterocycles. The topological polar surface area (TPSA) is 81.5 Å². The lowest BCUT2D eigenvalue weighted by atomic mass is 10.2. The van der Waals surface area contributed by atoms with Gasteiger partial charge in [-0.25, -0.2) is 4.98 Å². The standard InChI is InChI=1S/C20H23N5O2/c1-24-8-10-25(11-9-24)19-7-4-17(13-22-19)14-23-20(26)15-27-18-5-2-16(12-21)3-6-18/h2-7,13H,8-11,14-15H2,1H3,(H,23,26). The molecule has 1 aromatic heterocycles. The van der Waals surface area contributed by atoms with Crippen molar-refractivity contribution in [2.45, 2.75) is 6.54 Å². The Morgan fingerprint density at radius 2 is 1.93 bits per heavy atom. The Morgan fingerprint density at radius 1 is 1.19 bits per heavy atom. The number of ether oxygens (including phenoxy) is 1. The summed E-state index contributed by atoms with van der Waals surface area (Å²) in [5.74, 6) is 1.33. The number of hydrogen-bond donors (Lipinski definition) is 1. The van der Waals surface area contributed by atoms with Crippen LogP contribution >= 0.6 is 0 Å². The second-order valence-corrected chi connectivity index (χ2v) is 6.52. The Bertz CT molecular complexity index is 791. The van der Waals surface area contributed by atoms with Crippen molar-refractivity contribution in [3.63, 3.8) is 0 Å². The first kappa shape index (κ1) is 18.7. The molecule has 0 radical (unpaired) electrons. The molecule has 3 rings (SSSR count). The molecular formula is C20H23N5O2. The number of nitrogens with zero attached hydrogens (tertiary/aromatic N) is 4. The van der Waals surface area contributed by atoms with E-state index >= 15 is 0 Å². The summed E-state index contributed by atoms with van der Waals surface area (Å²) in [6.45, 7) is 4.38. The zero-order valence-electron chi connectivity index (χ0n) is 15.4. The predicted octanol–water partition coefficient (Wildman–Crippen LogP) is 1.40. The monoisotopic (exact) mass is 365 g/mol. The van der Waals surface area contributed by atoms with Crippen LogP contribution in [0.5, 0.6) is 5.75 Å². The summed E-state index contributed by atoms with van der Waals surface area (Å²) >= 11 is 0. The highest BCUT2D eigenvalue weighted by atomic mass is 16.5. The molecule has 1 aromatic carbocycles. The fourth-order valence-corrected chi connectivity index (χ4v) is 2.77. The molecule has 1 amide bonds. The SMILES string of the molecule is CN1CCN(c2ccc(CNC(=O)COc3ccc(C#N)cc3)cn2)CC1. The van der Waals surface area contributed by atoms with Gasteiger partial charge in [-0.1, -0.05) is 6.07 Å². The van der Waals surface area contributed by atoms with Gasteiger partial charge < -0.3 is 19.9 Å². The number of benzene rings is 1. The zero-order valence-corrected chi connectivity index (χ0v) is 15.4. The van der Waals surface area contributed by atoms with E-state index in [0.29, 0.717) is 17.9 Å². The van der Waals surface area contributed by atoms with Gasteiger partial charge in [0.15, 0.2) is 6.61 Å². The van der Waals surface area contributed by atoms with E-state index in [0.717, 1.165) is 37.6 Å². The van der Waals surface area contributed by atoms with Crippen LogP contribution in [0, 0.1) is 11.3 Å². The molecule has 7 nitrogen and oxygen atoms in total. The van der Waals surface area contributed by atoms with Crippen molar-refractivity contribution >= 4 is 11.7 Å². The summed E-state index contributed by atoms with van der Waals surface area (Å²) in [6.07, 6.45) is 1.80. The Balaban J connectivity index is 1.42. The molecule has 0 saturated carbocycles. The van der Waals surface area contributed by atoms with E-state index in [-0.39, 0.29) is 12.5 Å². The maximum atomic E-state index is 11.9. The minimum Gasteiger partial charge on any atom is -0.484 e. The molecule has 0 spiro atoms. The maximum absolute atomic E-state index is 11.9. The van der Waals surface area contributed by atoms with E-state index in [2.05, 4.69) is 27.1 Å². The summed E-state index contributed by atoms with van der Waals surface area (Å²) in [5, 5.41) is 11.6. The van der Waals surface area contributed by atoms with Crippen LogP contribution in [-0.4, -0.2) is 55.6 Å². The zero-order chi connectivity index (χ0) is 19.1. The fourth-order valence-electron chi connectivity index (χ4n) is 2.77. The number of nitrogens with one attached hydrogen (secondary N) is 1. The van der Waals surface area contributed by atoms with Gasteiger partial charge in [-0.05, 0) is 42.9 Å². The van der Waals surface area contributed by atoms with Crippen LogP contribution in [0.4, 0.5) is 5.82 Å². The number of nitriles is 1. The van der Waals surface area contributed by atoms with Gasteiger partial charge in [-0.2, -0.15) is 5.26 Å². The van der Waals surface area contributed by atoms with E-state index in [1.165, 1.54) is 0 Å². The van der Waals surface area contributed by atoms with Crippen molar-refractivity contribution in [2.24, 2.45) is 0 Å². The van der Waals surface area contributed by atoms with Gasteiger partial charge in [0.05, 0.1) is 11.6 Å². The third kappa shape index (κ3) is 5.43. The highest BCUT2D eigenvalue weighted by Crippen LogP contribution is 2.14. The van der Waals surface area contributed by atoms with Crippen molar-refractivity contribution in [3.8, 4) is 11.8 Å². The number of rotatable bonds is 6. The number of carbonyl (C=O) groups is 1. The Morgan fingerprint density at radius 3 is 2.56 bits per heavy atom. The highest BCUT2D eigenvalue weighted by molar-refractivity contribution is 5.77. The molecule has 7 heteroatoms. The first-order valence-electron chi connectivity index (χ1n) is 8.92. The number of anilines is 1. The van der Waals surface area contributed by atoms with Crippen molar-refractivity contribution in [1.82, 2.24) is 15.2 Å². The molecule has 2 aromatic rings. The number of hydrogen-bond acceptors (Lipinski definition) is 6. The van der Waals surface area contributed by atoms with Crippen molar-refractivity contribution in [2.75, 3.05) is 44.7 Å². The van der Waals surface area contributed by atoms with Crippen LogP contribution in [0.25, 0.3) is 0 Å². The molecule has 1 N–H and O–H groups in total. The van der Waals surface area contributed by atoms with E-state index < -0.39 is 0 Å². The minimum absolute atomic E-state index is 0.0707. The second-order valence-electron chi connectivity index (χ2n) is 6.52. The van der Waals surface area contributed by atoms with Gasteiger partial charge in [0, 0.05) is 38.9 Å². The smallest absolute Gasteiger partial charge is 0.258 e. The Kier molecular flexibility index (Phi) is 6.23. The summed E-state index contributed by atoms with van der Waals surface area (Å²) in [7, 11) is 2.13. The average molecular weight is 365 g/mol. The number of piperazine rings is 1. The lowest BCUT2D eigenvalue weighted by molar-refractivity contribution is -0.123. The molecule has 0 aliphatic carbocycles. The summed E-state index contributed by atoms with van der Waals surface area (Å²) in [6, 6.07) is 12.7. The predicted molar refractivity (Wildman–Crippen MR) is 102 cm³/mol. The first-order chi connectivity index (χ1) is 13.1. The van der Waals surface area contributed by atoms with Crippen molar-refractivity contribution in [1.29, 1.82) is 5.26 Å². The third-order valence-electron chi connectivity index (χ3n) is 4.48. The van der Waals surface area contributed by atoms with E-state index in [1.807, 2.05) is 18.2 Å². The van der Waals surface area contributed by atoms with Gasteiger partial charge in [0.2, 0.25) is 0 Å². The number of aromatic nitrogens is 1. The summed E-state index contributed by atoms with van der Waals surface area (Å²) in [4.78, 5) is 21.0. The van der Waals surface area contributed by atoms with Gasteiger partial charge in [-0.15, -0.1) is 0 Å². The molecule has 1 saturated heterocycles. The van der Waals surface area contributed by atoms with E-state index in [1.54, 1.807) is 30.5 Å². The number of amides is 1. The number of pyridine rings is 1. The fraction of sp³-hybridized carbons (Fsp3) is 0.350. The summed E-state index contributed by atoms with van der Waals surface area (Å²) in [5.41, 5.74) is 1.50. The lowest BCUT2D eigenvalue weighted by Gasteiger charge is -2.33. The summed E-state index contributed by atoms with van der Waals surface area (Å²) < 4.78 is 5.42. The Labute approximate surface area is 159 Å². The van der Waals surface area contributed by atoms with Crippen LogP contribution in [0.2, 0.25) is 0 Å². The molecule has 0 bridgehead atoms. The molecule has 0 atom stereocenters. The number of carbonyl (C=O) groups excluding carboxylic acids is 1. The van der Waals surface area contributed by atoms with Crippen LogP contribution in [0.15, 0.2) is 42.6 Å². The van der Waals surface area contributed by atoms with Crippen LogP contribution < -0.4 is 15.0 Å². The van der Waals surface area contributed by atoms with Crippen molar-refractivity contribution in [3.05, 3.63) is 53.7 Å². The van der Waals surface area contributed by atoms with Gasteiger partial charge in [0.1, 0.15) is 11.6 Å². The maximum Gasteiger partial charge on any atom is 0.258 e. The molecular weight excluding hydrogens is 342 g/mol. The van der Waals surface area contributed by atoms with Crippen molar-refractivity contribution < 1.29 is 9.53 Å². The molecule has 27 heavy (non-hydrogen) atoms.